The largest absolute Gasteiger partial charge is 0.456 e. The molecule has 0 saturated heterocycles. The molecule has 0 bridgehead atoms. The van der Waals surface area contributed by atoms with Crippen LogP contribution < -0.4 is 9.80 Å². The fourth-order valence-electron chi connectivity index (χ4n) is 7.11. The molecule has 0 radical (unpaired) electrons. The standard InChI is InChI=1S/C42H12F26N2O/c43-27-25(41(63,64)65)28(44)32(48)35(31(27)47)69(19-7-13(37(51,52)53)5-14(8-19)38(54,55)56)17-1-3-23-21(11-17)22-12-18(2-4-24(22)71-23)70(20-9-15(39(57,58)59)6-16(10-20)40(60,61)62)36-33(49)29(45)26(42(66,67)68)30(46)34(36)50/h1-12H. The molecule has 7 rings (SSSR count). The first-order chi connectivity index (χ1) is 32.3. The Morgan fingerprint density at radius 1 is 0.282 bits per heavy atom. The zero-order valence-electron chi connectivity index (χ0n) is 33.1. The summed E-state index contributed by atoms with van der Waals surface area (Å²) >= 11 is 0. The Bertz CT molecular complexity index is 2940. The van der Waals surface area contributed by atoms with Crippen LogP contribution in [0.4, 0.5) is 148 Å². The van der Waals surface area contributed by atoms with Crippen molar-refractivity contribution >= 4 is 56.1 Å². The van der Waals surface area contributed by atoms with Gasteiger partial charge in [-0.05, 0) is 72.8 Å². The fraction of sp³-hybridized carbons (Fsp3) is 0.143. The summed E-state index contributed by atoms with van der Waals surface area (Å²) < 4.78 is 379. The van der Waals surface area contributed by atoms with E-state index in [0.29, 0.717) is 36.4 Å². The molecular formula is C42H12F26N2O. The lowest BCUT2D eigenvalue weighted by atomic mass is 10.0. The highest BCUT2D eigenvalue weighted by atomic mass is 19.4. The molecule has 3 nitrogen and oxygen atoms in total. The minimum Gasteiger partial charge on any atom is -0.456 e. The normalized spacial score (nSPS) is 13.2. The third-order valence-electron chi connectivity index (χ3n) is 10.1. The first kappa shape index (κ1) is 51.7. The Morgan fingerprint density at radius 2 is 0.535 bits per heavy atom. The van der Waals surface area contributed by atoms with Crippen LogP contribution in [0.3, 0.4) is 0 Å². The molecule has 0 amide bonds. The molecular weight excluding hydrogens is 1040 g/mol. The molecule has 378 valence electrons. The predicted octanol–water partition coefficient (Wildman–Crippen LogP) is 17.8. The maximum absolute atomic E-state index is 15.8. The van der Waals surface area contributed by atoms with Gasteiger partial charge in [0.15, 0.2) is 46.5 Å². The zero-order valence-corrected chi connectivity index (χ0v) is 33.1. The molecule has 0 aliphatic rings. The van der Waals surface area contributed by atoms with E-state index in [4.69, 9.17) is 4.42 Å². The van der Waals surface area contributed by atoms with E-state index >= 15 is 35.1 Å². The van der Waals surface area contributed by atoms with Crippen molar-refractivity contribution in [1.82, 2.24) is 0 Å². The molecule has 0 atom stereocenters. The van der Waals surface area contributed by atoms with E-state index in [0.717, 1.165) is 0 Å². The lowest BCUT2D eigenvalue weighted by Crippen LogP contribution is -2.22. The topological polar surface area (TPSA) is 19.6 Å². The Hall–Kier alpha value is -7.10. The Kier molecular flexibility index (Phi) is 12.2. The number of benzene rings is 6. The number of alkyl halides is 18. The lowest BCUT2D eigenvalue weighted by Gasteiger charge is -2.29. The van der Waals surface area contributed by atoms with Crippen molar-refractivity contribution in [1.29, 1.82) is 0 Å². The number of fused-ring (bicyclic) bond motifs is 3. The molecule has 1 aromatic heterocycles. The van der Waals surface area contributed by atoms with E-state index in [1.807, 2.05) is 0 Å². The van der Waals surface area contributed by atoms with Gasteiger partial charge in [-0.2, -0.15) is 79.0 Å². The van der Waals surface area contributed by atoms with Gasteiger partial charge in [0.05, 0.1) is 22.3 Å². The summed E-state index contributed by atoms with van der Waals surface area (Å²) in [6, 6.07) is 0.167. The summed E-state index contributed by atoms with van der Waals surface area (Å²) in [5.41, 5.74) is -28.2. The molecule has 0 fully saturated rings. The Morgan fingerprint density at radius 3 is 0.761 bits per heavy atom. The second-order valence-corrected chi connectivity index (χ2v) is 14.6. The van der Waals surface area contributed by atoms with Crippen LogP contribution in [0.25, 0.3) is 21.9 Å². The third kappa shape index (κ3) is 9.24. The van der Waals surface area contributed by atoms with E-state index in [1.165, 1.54) is 0 Å². The summed E-state index contributed by atoms with van der Waals surface area (Å²) in [6.07, 6.45) is -35.8. The lowest BCUT2D eigenvalue weighted by molar-refractivity contribution is -0.144. The van der Waals surface area contributed by atoms with E-state index in [1.54, 1.807) is 0 Å². The highest BCUT2D eigenvalue weighted by Crippen LogP contribution is 2.51. The number of furan rings is 1. The van der Waals surface area contributed by atoms with Crippen LogP contribution in [0.5, 0.6) is 0 Å². The maximum Gasteiger partial charge on any atom is 0.422 e. The Balaban J connectivity index is 1.59. The minimum atomic E-state index is -6.27. The highest BCUT2D eigenvalue weighted by Gasteiger charge is 2.47. The van der Waals surface area contributed by atoms with Crippen molar-refractivity contribution in [3.8, 4) is 0 Å². The average molecular weight is 1050 g/mol. The van der Waals surface area contributed by atoms with Crippen molar-refractivity contribution < 1.29 is 119 Å². The molecule has 0 aliphatic heterocycles. The van der Waals surface area contributed by atoms with Crippen molar-refractivity contribution in [2.75, 3.05) is 9.80 Å². The van der Waals surface area contributed by atoms with E-state index < -0.39 is 195 Å². The van der Waals surface area contributed by atoms with Gasteiger partial charge >= 0.3 is 37.1 Å². The number of anilines is 6. The fourth-order valence-corrected chi connectivity index (χ4v) is 7.11. The SMILES string of the molecule is Fc1c(F)c(C(F)(F)F)c(F)c(F)c1N(c1cc(C(F)(F)F)cc(C(F)(F)F)c1)c1ccc2oc3ccc(N(c4cc(C(F)(F)F)cc(C(F)(F)F)c4)c4c(F)c(F)c(C(F)(F)F)c(F)c4F)cc3c2c1. The van der Waals surface area contributed by atoms with Crippen molar-refractivity contribution in [2.24, 2.45) is 0 Å². The van der Waals surface area contributed by atoms with Crippen LogP contribution in [-0.4, -0.2) is 0 Å². The molecule has 0 unspecified atom stereocenters. The molecule has 0 spiro atoms. The first-order valence-corrected chi connectivity index (χ1v) is 18.4. The summed E-state index contributed by atoms with van der Waals surface area (Å²) in [4.78, 5) is -1.04. The van der Waals surface area contributed by atoms with Gasteiger partial charge in [-0.3, -0.25) is 0 Å². The van der Waals surface area contributed by atoms with Gasteiger partial charge in [0.1, 0.15) is 33.7 Å². The smallest absolute Gasteiger partial charge is 0.422 e. The summed E-state index contributed by atoms with van der Waals surface area (Å²) in [5.74, 6) is -25.7. The second-order valence-electron chi connectivity index (χ2n) is 14.6. The maximum atomic E-state index is 15.8. The van der Waals surface area contributed by atoms with Crippen LogP contribution in [0.2, 0.25) is 0 Å². The molecule has 6 aromatic carbocycles. The number of halogens is 26. The van der Waals surface area contributed by atoms with Gasteiger partial charge < -0.3 is 14.2 Å². The highest BCUT2D eigenvalue weighted by molar-refractivity contribution is 6.08. The van der Waals surface area contributed by atoms with Gasteiger partial charge in [-0.1, -0.05) is 0 Å². The van der Waals surface area contributed by atoms with Crippen LogP contribution in [0.15, 0.2) is 77.2 Å². The summed E-state index contributed by atoms with van der Waals surface area (Å²) in [7, 11) is 0. The third-order valence-corrected chi connectivity index (χ3v) is 10.1. The summed E-state index contributed by atoms with van der Waals surface area (Å²) in [5, 5.41) is -1.60. The minimum absolute atomic E-state index is 0.342. The van der Waals surface area contributed by atoms with Crippen molar-refractivity contribution in [3.05, 3.63) is 153 Å². The molecule has 7 aromatic rings. The first-order valence-electron chi connectivity index (χ1n) is 18.4. The monoisotopic (exact) mass is 1050 g/mol. The van der Waals surface area contributed by atoms with Crippen LogP contribution in [-0.2, 0) is 37.1 Å². The number of nitrogens with zero attached hydrogens (tertiary/aromatic N) is 2. The second kappa shape index (κ2) is 16.8. The van der Waals surface area contributed by atoms with Crippen LogP contribution in [0.1, 0.15) is 33.4 Å². The number of hydrogen-bond donors (Lipinski definition) is 0. The van der Waals surface area contributed by atoms with Gasteiger partial charge in [0, 0.05) is 33.5 Å². The number of hydrogen-bond acceptors (Lipinski definition) is 3. The molecule has 1 heterocycles. The van der Waals surface area contributed by atoms with E-state index in [9.17, 15) is 79.0 Å². The predicted molar refractivity (Wildman–Crippen MR) is 193 cm³/mol. The molecule has 71 heavy (non-hydrogen) atoms. The van der Waals surface area contributed by atoms with Crippen molar-refractivity contribution in [3.63, 3.8) is 0 Å². The average Bonchev–Trinajstić information content (AvgIpc) is 3.60. The van der Waals surface area contributed by atoms with E-state index in [2.05, 4.69) is 0 Å². The van der Waals surface area contributed by atoms with Crippen LogP contribution >= 0.6 is 0 Å². The van der Waals surface area contributed by atoms with Gasteiger partial charge in [-0.15, -0.1) is 0 Å². The quantitative estimate of drug-likeness (QED) is 0.122. The molecule has 0 aliphatic carbocycles. The van der Waals surface area contributed by atoms with Crippen molar-refractivity contribution in [2.45, 2.75) is 37.1 Å². The van der Waals surface area contributed by atoms with Gasteiger partial charge in [0.2, 0.25) is 0 Å². The van der Waals surface area contributed by atoms with Crippen LogP contribution in [0, 0.1) is 46.5 Å². The van der Waals surface area contributed by atoms with Gasteiger partial charge in [-0.25, -0.2) is 35.1 Å². The molecule has 29 heteroatoms. The van der Waals surface area contributed by atoms with Gasteiger partial charge in [0.25, 0.3) is 0 Å². The number of rotatable bonds is 6. The molecule has 0 N–H and O–H groups in total. The van der Waals surface area contributed by atoms with E-state index in [-0.39, 0.29) is 24.3 Å². The summed E-state index contributed by atoms with van der Waals surface area (Å²) in [6.45, 7) is 0. The zero-order chi connectivity index (χ0) is 53.2. The molecule has 0 saturated carbocycles. The Labute approximate surface area is 374 Å².